The van der Waals surface area contributed by atoms with E-state index in [2.05, 4.69) is 32.4 Å². The number of aryl methyl sites for hydroxylation is 1. The van der Waals surface area contributed by atoms with Crippen LogP contribution < -0.4 is 16.4 Å². The highest BCUT2D eigenvalue weighted by molar-refractivity contribution is 5.77. The first-order chi connectivity index (χ1) is 12.2. The van der Waals surface area contributed by atoms with Crippen LogP contribution in [0.2, 0.25) is 0 Å². The molecule has 1 aliphatic rings. The first-order valence-electron chi connectivity index (χ1n) is 8.70. The number of nitrogens with one attached hydrogen (secondary N) is 2. The molecule has 3 rings (SSSR count). The molecule has 1 aromatic carbocycles. The van der Waals surface area contributed by atoms with Crippen LogP contribution in [0.5, 0.6) is 0 Å². The highest BCUT2D eigenvalue weighted by Gasteiger charge is 2.11. The van der Waals surface area contributed by atoms with E-state index in [-0.39, 0.29) is 0 Å². The Bertz CT molecular complexity index is 670. The first kappa shape index (κ1) is 17.4. The van der Waals surface area contributed by atoms with Crippen molar-refractivity contribution < 1.29 is 4.74 Å². The highest BCUT2D eigenvalue weighted by atomic mass is 16.5. The fourth-order valence-electron chi connectivity index (χ4n) is 2.74. The second kappa shape index (κ2) is 8.64. The van der Waals surface area contributed by atoms with Gasteiger partial charge < -0.3 is 21.1 Å². The van der Waals surface area contributed by atoms with Crippen molar-refractivity contribution in [3.63, 3.8) is 0 Å². The van der Waals surface area contributed by atoms with E-state index >= 15 is 0 Å². The lowest BCUT2D eigenvalue weighted by Gasteiger charge is -2.26. The van der Waals surface area contributed by atoms with Gasteiger partial charge in [0.25, 0.3) is 0 Å². The average Bonchev–Trinajstić information content (AvgIpc) is 2.64. The van der Waals surface area contributed by atoms with Crippen molar-refractivity contribution in [3.05, 3.63) is 36.2 Å². The fourth-order valence-corrected chi connectivity index (χ4v) is 2.74. The lowest BCUT2D eigenvalue weighted by Crippen LogP contribution is -2.37. The molecule has 1 aromatic heterocycles. The van der Waals surface area contributed by atoms with Gasteiger partial charge in [0.2, 0.25) is 0 Å². The molecule has 0 amide bonds. The monoisotopic (exact) mass is 342 g/mol. The number of aromatic nitrogens is 2. The quantitative estimate of drug-likeness (QED) is 0.665. The Morgan fingerprint density at radius 1 is 1.12 bits per heavy atom. The minimum absolute atomic E-state index is 0.537. The van der Waals surface area contributed by atoms with Crippen LogP contribution in [0.3, 0.4) is 0 Å². The van der Waals surface area contributed by atoms with Crippen LogP contribution in [-0.2, 0) is 4.74 Å². The highest BCUT2D eigenvalue weighted by Crippen LogP contribution is 2.25. The largest absolute Gasteiger partial charge is 0.393 e. The molecule has 7 heteroatoms. The smallest absolute Gasteiger partial charge is 0.159 e. The number of nitrogens with two attached hydrogens (primary N) is 1. The minimum Gasteiger partial charge on any atom is -0.393 e. The molecule has 134 valence electrons. The third-order valence-electron chi connectivity index (χ3n) is 4.25. The van der Waals surface area contributed by atoms with Crippen LogP contribution >= 0.6 is 0 Å². The number of hydrogen-bond acceptors (Lipinski definition) is 7. The van der Waals surface area contributed by atoms with Crippen molar-refractivity contribution in [2.45, 2.75) is 13.3 Å². The molecule has 0 radical (unpaired) electrons. The van der Waals surface area contributed by atoms with Crippen LogP contribution in [-0.4, -0.2) is 54.3 Å². The molecule has 4 N–H and O–H groups in total. The molecule has 0 saturated carbocycles. The van der Waals surface area contributed by atoms with Crippen LogP contribution in [0, 0.1) is 6.92 Å². The van der Waals surface area contributed by atoms with Gasteiger partial charge in [0.15, 0.2) is 11.6 Å². The molecule has 0 atom stereocenters. The summed E-state index contributed by atoms with van der Waals surface area (Å²) in [5.74, 6) is 1.29. The summed E-state index contributed by atoms with van der Waals surface area (Å²) >= 11 is 0. The summed E-state index contributed by atoms with van der Waals surface area (Å²) in [7, 11) is 0. The van der Waals surface area contributed by atoms with Crippen LogP contribution in [0.25, 0.3) is 0 Å². The Morgan fingerprint density at radius 3 is 2.60 bits per heavy atom. The summed E-state index contributed by atoms with van der Waals surface area (Å²) in [6.07, 6.45) is 2.56. The zero-order valence-electron chi connectivity index (χ0n) is 14.7. The van der Waals surface area contributed by atoms with Crippen LogP contribution in [0.1, 0.15) is 12.0 Å². The van der Waals surface area contributed by atoms with E-state index < -0.39 is 0 Å². The topological polar surface area (TPSA) is 88.3 Å². The molecule has 0 unspecified atom stereocenters. The molecule has 1 saturated heterocycles. The summed E-state index contributed by atoms with van der Waals surface area (Å²) in [4.78, 5) is 10.9. The molecule has 2 heterocycles. The number of morpholine rings is 1. The predicted octanol–water partition coefficient (Wildman–Crippen LogP) is 2.25. The van der Waals surface area contributed by atoms with Gasteiger partial charge in [0, 0.05) is 25.3 Å². The maximum Gasteiger partial charge on any atom is 0.159 e. The number of ether oxygens (including phenoxy) is 1. The summed E-state index contributed by atoms with van der Waals surface area (Å²) in [5.41, 5.74) is 8.91. The van der Waals surface area contributed by atoms with E-state index in [0.29, 0.717) is 17.3 Å². The molecular weight excluding hydrogens is 316 g/mol. The van der Waals surface area contributed by atoms with Gasteiger partial charge in [-0.05, 0) is 32.0 Å². The molecule has 0 bridgehead atoms. The van der Waals surface area contributed by atoms with Gasteiger partial charge in [-0.1, -0.05) is 17.7 Å². The summed E-state index contributed by atoms with van der Waals surface area (Å²) in [5, 5.41) is 6.56. The summed E-state index contributed by atoms with van der Waals surface area (Å²) in [6.45, 7) is 7.63. The standard InChI is InChI=1S/C18H26N6O/c1-14-3-5-15(6-4-14)23-18-16(19)17(21-13-22-18)20-7-2-8-24-9-11-25-12-10-24/h3-6,13H,2,7-12,19H2,1H3,(H2,20,21,22,23). The molecule has 25 heavy (non-hydrogen) atoms. The number of nitrogens with zero attached hydrogens (tertiary/aromatic N) is 3. The van der Waals surface area contributed by atoms with Crippen molar-refractivity contribution in [1.29, 1.82) is 0 Å². The number of rotatable bonds is 7. The van der Waals surface area contributed by atoms with E-state index in [0.717, 1.165) is 51.5 Å². The number of benzene rings is 1. The van der Waals surface area contributed by atoms with Crippen molar-refractivity contribution in [2.24, 2.45) is 0 Å². The SMILES string of the molecule is Cc1ccc(Nc2ncnc(NCCCN3CCOCC3)c2N)cc1. The molecular formula is C18H26N6O. The lowest BCUT2D eigenvalue weighted by molar-refractivity contribution is 0.0378. The lowest BCUT2D eigenvalue weighted by atomic mass is 10.2. The number of hydrogen-bond donors (Lipinski definition) is 3. The fraction of sp³-hybridized carbons (Fsp3) is 0.444. The maximum absolute atomic E-state index is 6.21. The second-order valence-corrected chi connectivity index (χ2v) is 6.21. The zero-order chi connectivity index (χ0) is 17.5. The molecule has 1 fully saturated rings. The average molecular weight is 342 g/mol. The van der Waals surface area contributed by atoms with E-state index in [1.54, 1.807) is 0 Å². The van der Waals surface area contributed by atoms with Gasteiger partial charge in [-0.25, -0.2) is 9.97 Å². The Labute approximate surface area is 148 Å². The van der Waals surface area contributed by atoms with Crippen LogP contribution in [0.4, 0.5) is 23.0 Å². The van der Waals surface area contributed by atoms with Gasteiger partial charge in [0.1, 0.15) is 12.0 Å². The molecule has 0 aliphatic carbocycles. The second-order valence-electron chi connectivity index (χ2n) is 6.21. The van der Waals surface area contributed by atoms with Crippen molar-refractivity contribution in [2.75, 3.05) is 55.8 Å². The van der Waals surface area contributed by atoms with E-state index in [1.165, 1.54) is 11.9 Å². The summed E-state index contributed by atoms with van der Waals surface area (Å²) < 4.78 is 5.36. The van der Waals surface area contributed by atoms with Gasteiger partial charge in [-0.3, -0.25) is 4.90 Å². The van der Waals surface area contributed by atoms with E-state index in [4.69, 9.17) is 10.5 Å². The molecule has 2 aromatic rings. The van der Waals surface area contributed by atoms with Gasteiger partial charge in [0.05, 0.1) is 13.2 Å². The third-order valence-corrected chi connectivity index (χ3v) is 4.25. The number of nitrogen functional groups attached to an aromatic ring is 1. The van der Waals surface area contributed by atoms with E-state index in [9.17, 15) is 0 Å². The zero-order valence-corrected chi connectivity index (χ0v) is 14.7. The van der Waals surface area contributed by atoms with E-state index in [1.807, 2.05) is 24.3 Å². The molecule has 1 aliphatic heterocycles. The molecule has 0 spiro atoms. The van der Waals surface area contributed by atoms with Crippen molar-refractivity contribution in [1.82, 2.24) is 14.9 Å². The van der Waals surface area contributed by atoms with Crippen molar-refractivity contribution in [3.8, 4) is 0 Å². The van der Waals surface area contributed by atoms with Crippen LogP contribution in [0.15, 0.2) is 30.6 Å². The third kappa shape index (κ3) is 5.04. The Morgan fingerprint density at radius 2 is 1.84 bits per heavy atom. The Hall–Kier alpha value is -2.38. The van der Waals surface area contributed by atoms with Crippen molar-refractivity contribution >= 4 is 23.0 Å². The molecule has 7 nitrogen and oxygen atoms in total. The Balaban J connectivity index is 1.52. The first-order valence-corrected chi connectivity index (χ1v) is 8.70. The number of anilines is 4. The normalized spacial score (nSPS) is 15.1. The van der Waals surface area contributed by atoms with Gasteiger partial charge in [-0.15, -0.1) is 0 Å². The minimum atomic E-state index is 0.537. The maximum atomic E-state index is 6.21. The van der Waals surface area contributed by atoms with Gasteiger partial charge in [-0.2, -0.15) is 0 Å². The summed E-state index contributed by atoms with van der Waals surface area (Å²) in [6, 6.07) is 8.10. The van der Waals surface area contributed by atoms with Gasteiger partial charge >= 0.3 is 0 Å². The predicted molar refractivity (Wildman–Crippen MR) is 101 cm³/mol. The Kier molecular flexibility index (Phi) is 6.03.